The van der Waals surface area contributed by atoms with Gasteiger partial charge in [0.1, 0.15) is 0 Å². The van der Waals surface area contributed by atoms with E-state index in [1.165, 1.54) is 56.9 Å². The number of aryl methyl sites for hydroxylation is 1. The highest BCUT2D eigenvalue weighted by atomic mass is 14.5. The minimum absolute atomic E-state index is 0.801. The molecule has 5 aliphatic rings. The molecule has 0 heterocycles. The fourth-order valence-electron chi connectivity index (χ4n) is 9.66. The molecular weight excluding hydrogens is 372 g/mol. The van der Waals surface area contributed by atoms with Crippen molar-refractivity contribution < 1.29 is 0 Å². The molecule has 0 amide bonds. The number of hydrogen-bond donors (Lipinski definition) is 0. The molecule has 0 saturated heterocycles. The van der Waals surface area contributed by atoms with Crippen LogP contribution < -0.4 is 0 Å². The van der Waals surface area contributed by atoms with Crippen molar-refractivity contribution in [3.8, 4) is 0 Å². The summed E-state index contributed by atoms with van der Waals surface area (Å²) >= 11 is 0. The summed E-state index contributed by atoms with van der Waals surface area (Å²) in [6.45, 7) is 9.86. The molecule has 1 aromatic carbocycles. The van der Waals surface area contributed by atoms with Gasteiger partial charge < -0.3 is 0 Å². The largest absolute Gasteiger partial charge is 0.0622 e. The molecule has 0 heteroatoms. The fraction of sp³-hybridized carbons (Fsp3) is 0.806. The van der Waals surface area contributed by atoms with Crippen molar-refractivity contribution in [3.05, 3.63) is 34.9 Å². The maximum Gasteiger partial charge on any atom is -0.0154 e. The van der Waals surface area contributed by atoms with Crippen LogP contribution in [0.1, 0.15) is 114 Å². The van der Waals surface area contributed by atoms with Crippen molar-refractivity contribution in [1.29, 1.82) is 0 Å². The molecule has 1 aromatic rings. The third-order valence-corrected chi connectivity index (χ3v) is 11.0. The second-order valence-electron chi connectivity index (χ2n) is 12.5. The lowest BCUT2D eigenvalue weighted by Crippen LogP contribution is -2.39. The Balaban J connectivity index is 0.000000132. The highest BCUT2D eigenvalue weighted by Gasteiger charge is 2.47. The third-order valence-electron chi connectivity index (χ3n) is 11.0. The van der Waals surface area contributed by atoms with Gasteiger partial charge in [0.2, 0.25) is 0 Å². The lowest BCUT2D eigenvalue weighted by molar-refractivity contribution is 0.0202. The molecule has 0 radical (unpaired) electrons. The quantitative estimate of drug-likeness (QED) is 0.393. The molecule has 172 valence electrons. The molecule has 0 aromatic heterocycles. The second-order valence-corrected chi connectivity index (χ2v) is 12.5. The van der Waals surface area contributed by atoms with Gasteiger partial charge in [-0.3, -0.25) is 0 Å². The summed E-state index contributed by atoms with van der Waals surface area (Å²) < 4.78 is 0. The van der Waals surface area contributed by atoms with Gasteiger partial charge in [-0.05, 0) is 115 Å². The molecule has 9 atom stereocenters. The summed E-state index contributed by atoms with van der Waals surface area (Å²) in [6, 6.07) is 6.90. The predicted molar refractivity (Wildman–Crippen MR) is 133 cm³/mol. The van der Waals surface area contributed by atoms with Gasteiger partial charge in [0.15, 0.2) is 0 Å². The van der Waals surface area contributed by atoms with Gasteiger partial charge in [-0.15, -0.1) is 0 Å². The van der Waals surface area contributed by atoms with Crippen molar-refractivity contribution in [2.75, 3.05) is 0 Å². The van der Waals surface area contributed by atoms with Gasteiger partial charge in [-0.1, -0.05) is 77.5 Å². The Bertz CT molecular complexity index is 744. The SMILES string of the molecule is CC1CCC2C[C@@H]3CCCC[C@@H]3[C@H](C)C12.Cc1cccc2c1[C@@H](C)[C@H]1CCCC[C@H]1C2. The average Bonchev–Trinajstić information content (AvgIpc) is 3.15. The van der Waals surface area contributed by atoms with Crippen LogP contribution in [-0.4, -0.2) is 0 Å². The van der Waals surface area contributed by atoms with E-state index in [4.69, 9.17) is 0 Å². The summed E-state index contributed by atoms with van der Waals surface area (Å²) in [5.74, 6) is 9.30. The van der Waals surface area contributed by atoms with Crippen molar-refractivity contribution in [3.63, 3.8) is 0 Å². The van der Waals surface area contributed by atoms with Gasteiger partial charge in [-0.25, -0.2) is 0 Å². The highest BCUT2D eigenvalue weighted by molar-refractivity contribution is 5.40. The van der Waals surface area contributed by atoms with Crippen LogP contribution in [0.5, 0.6) is 0 Å². The first-order valence-electron chi connectivity index (χ1n) is 14.1. The standard InChI is InChI=1S/C16H22.C15H26/c1-11-6-5-8-14-10-13-7-3-4-9-15(13)12(2)16(11)14;1-10-7-8-13-9-12-5-3-4-6-14(12)11(2)15(10)13/h5-6,8,12-13,15H,3-4,7,9-10H2,1-2H3;10-15H,3-9H2,1-2H3/t12-,13-,15+;10?,11-,12-,13?,14+,15?/m00/s1. The van der Waals surface area contributed by atoms with Crippen LogP contribution in [0.4, 0.5) is 0 Å². The van der Waals surface area contributed by atoms with Crippen molar-refractivity contribution in [2.24, 2.45) is 47.3 Å². The lowest BCUT2D eigenvalue weighted by Gasteiger charge is -2.47. The molecule has 31 heavy (non-hydrogen) atoms. The Morgan fingerprint density at radius 2 is 1.42 bits per heavy atom. The second kappa shape index (κ2) is 9.23. The highest BCUT2D eigenvalue weighted by Crippen LogP contribution is 2.55. The van der Waals surface area contributed by atoms with E-state index in [2.05, 4.69) is 45.9 Å². The molecular formula is C31H48. The Kier molecular flexibility index (Phi) is 6.56. The van der Waals surface area contributed by atoms with Crippen molar-refractivity contribution in [1.82, 2.24) is 0 Å². The first kappa shape index (κ1) is 22.0. The van der Waals surface area contributed by atoms with Crippen LogP contribution in [0, 0.1) is 54.3 Å². The smallest absolute Gasteiger partial charge is 0.0154 e. The Morgan fingerprint density at radius 1 is 0.710 bits per heavy atom. The van der Waals surface area contributed by atoms with Crippen LogP contribution in [0.25, 0.3) is 0 Å². The molecule has 0 nitrogen and oxygen atoms in total. The van der Waals surface area contributed by atoms with E-state index in [1.807, 2.05) is 0 Å². The molecule has 6 rings (SSSR count). The molecule has 3 unspecified atom stereocenters. The molecule has 0 aliphatic heterocycles. The van der Waals surface area contributed by atoms with Crippen LogP contribution >= 0.6 is 0 Å². The van der Waals surface area contributed by atoms with E-state index in [-0.39, 0.29) is 0 Å². The zero-order valence-electron chi connectivity index (χ0n) is 20.9. The van der Waals surface area contributed by atoms with Crippen LogP contribution in [-0.2, 0) is 6.42 Å². The van der Waals surface area contributed by atoms with Crippen LogP contribution in [0.3, 0.4) is 0 Å². The van der Waals surface area contributed by atoms with E-state index in [1.54, 1.807) is 36.8 Å². The first-order chi connectivity index (χ1) is 15.0. The molecule has 0 spiro atoms. The normalized spacial score (nSPS) is 43.5. The predicted octanol–water partition coefficient (Wildman–Crippen LogP) is 8.96. The van der Waals surface area contributed by atoms with E-state index < -0.39 is 0 Å². The van der Waals surface area contributed by atoms with E-state index in [9.17, 15) is 0 Å². The van der Waals surface area contributed by atoms with Crippen LogP contribution in [0.15, 0.2) is 18.2 Å². The van der Waals surface area contributed by atoms with Gasteiger partial charge in [-0.2, -0.15) is 0 Å². The summed E-state index contributed by atoms with van der Waals surface area (Å²) in [4.78, 5) is 0. The number of benzene rings is 1. The summed E-state index contributed by atoms with van der Waals surface area (Å²) in [7, 11) is 0. The molecule has 0 N–H and O–H groups in total. The van der Waals surface area contributed by atoms with Crippen LogP contribution in [0.2, 0.25) is 0 Å². The molecule has 4 fully saturated rings. The zero-order chi connectivity index (χ0) is 21.5. The monoisotopic (exact) mass is 420 g/mol. The molecule has 5 aliphatic carbocycles. The summed E-state index contributed by atoms with van der Waals surface area (Å²) in [5.41, 5.74) is 4.86. The van der Waals surface area contributed by atoms with Crippen molar-refractivity contribution >= 4 is 0 Å². The lowest BCUT2D eigenvalue weighted by atomic mass is 9.58. The van der Waals surface area contributed by atoms with E-state index in [0.29, 0.717) is 0 Å². The number of rotatable bonds is 0. The van der Waals surface area contributed by atoms with Gasteiger partial charge in [0.05, 0.1) is 0 Å². The van der Waals surface area contributed by atoms with Gasteiger partial charge >= 0.3 is 0 Å². The van der Waals surface area contributed by atoms with Gasteiger partial charge in [0.25, 0.3) is 0 Å². The maximum atomic E-state index is 2.58. The van der Waals surface area contributed by atoms with Gasteiger partial charge in [0, 0.05) is 0 Å². The summed E-state index contributed by atoms with van der Waals surface area (Å²) in [6.07, 6.45) is 18.1. The average molecular weight is 421 g/mol. The minimum Gasteiger partial charge on any atom is -0.0622 e. The van der Waals surface area contributed by atoms with Crippen molar-refractivity contribution in [2.45, 2.75) is 111 Å². The molecule has 0 bridgehead atoms. The maximum absolute atomic E-state index is 2.58. The topological polar surface area (TPSA) is 0 Å². The Labute approximate surface area is 193 Å². The first-order valence-corrected chi connectivity index (χ1v) is 14.1. The fourth-order valence-corrected chi connectivity index (χ4v) is 9.66. The minimum atomic E-state index is 0.801. The Morgan fingerprint density at radius 3 is 2.23 bits per heavy atom. The Hall–Kier alpha value is -0.780. The summed E-state index contributed by atoms with van der Waals surface area (Å²) in [5, 5.41) is 0. The molecule has 4 saturated carbocycles. The van der Waals surface area contributed by atoms with E-state index in [0.717, 1.165) is 53.3 Å². The zero-order valence-corrected chi connectivity index (χ0v) is 20.9. The van der Waals surface area contributed by atoms with E-state index >= 15 is 0 Å². The third kappa shape index (κ3) is 4.15. The number of fused-ring (bicyclic) bond motifs is 4. The number of hydrogen-bond acceptors (Lipinski definition) is 0.